The highest BCUT2D eigenvalue weighted by molar-refractivity contribution is 9.09. The average Bonchev–Trinajstić information content (AvgIpc) is 2.66. The van der Waals surface area contributed by atoms with Gasteiger partial charge in [0.1, 0.15) is 0 Å². The lowest BCUT2D eigenvalue weighted by atomic mass is 9.97. The zero-order valence-corrected chi connectivity index (χ0v) is 19.6. The second kappa shape index (κ2) is 20.4. The molecule has 0 heterocycles. The SMILES string of the molecule is C=C(C)C(=O)OCCC(CCCCCCCCCCCCCC)CNCBr. The number of esters is 1. The summed E-state index contributed by atoms with van der Waals surface area (Å²) < 4.78 is 5.25. The number of carbonyl (C=O) groups excluding carboxylic acids is 1. The van der Waals surface area contributed by atoms with E-state index < -0.39 is 0 Å². The van der Waals surface area contributed by atoms with Gasteiger partial charge in [0.05, 0.1) is 12.1 Å². The van der Waals surface area contributed by atoms with Crippen LogP contribution in [-0.4, -0.2) is 24.6 Å². The van der Waals surface area contributed by atoms with Crippen LogP contribution < -0.4 is 5.32 Å². The summed E-state index contributed by atoms with van der Waals surface area (Å²) in [5, 5.41) is 3.36. The van der Waals surface area contributed by atoms with Crippen molar-refractivity contribution < 1.29 is 9.53 Å². The predicted molar refractivity (Wildman–Crippen MR) is 121 cm³/mol. The molecule has 1 atom stereocenters. The van der Waals surface area contributed by atoms with Gasteiger partial charge in [-0.25, -0.2) is 4.79 Å². The number of hydrogen-bond acceptors (Lipinski definition) is 3. The van der Waals surface area contributed by atoms with Gasteiger partial charge in [0.25, 0.3) is 0 Å². The Balaban J connectivity index is 3.60. The molecule has 1 unspecified atom stereocenters. The third-order valence-corrected chi connectivity index (χ3v) is 5.50. The normalized spacial score (nSPS) is 12.1. The zero-order chi connectivity index (χ0) is 20.2. The molecule has 0 radical (unpaired) electrons. The van der Waals surface area contributed by atoms with Gasteiger partial charge in [-0.15, -0.1) is 0 Å². The zero-order valence-electron chi connectivity index (χ0n) is 18.0. The summed E-state index contributed by atoms with van der Waals surface area (Å²) in [6, 6.07) is 0. The fourth-order valence-corrected chi connectivity index (χ4v) is 3.55. The third-order valence-electron chi connectivity index (χ3n) is 5.10. The molecule has 0 rings (SSSR count). The smallest absolute Gasteiger partial charge is 0.333 e. The van der Waals surface area contributed by atoms with Gasteiger partial charge < -0.3 is 10.1 Å². The van der Waals surface area contributed by atoms with Gasteiger partial charge in [0.2, 0.25) is 0 Å². The summed E-state index contributed by atoms with van der Waals surface area (Å²) in [6.45, 7) is 9.07. The molecule has 0 spiro atoms. The van der Waals surface area contributed by atoms with Crippen molar-refractivity contribution in [3.63, 3.8) is 0 Å². The molecule has 0 aromatic carbocycles. The van der Waals surface area contributed by atoms with Crippen molar-refractivity contribution >= 4 is 21.9 Å². The molecule has 0 aromatic heterocycles. The van der Waals surface area contributed by atoms with Crippen LogP contribution in [0.4, 0.5) is 0 Å². The van der Waals surface area contributed by atoms with Crippen LogP contribution in [0.3, 0.4) is 0 Å². The Bertz CT molecular complexity index is 360. The van der Waals surface area contributed by atoms with Gasteiger partial charge in [-0.1, -0.05) is 106 Å². The van der Waals surface area contributed by atoms with Crippen LogP contribution in [0, 0.1) is 5.92 Å². The molecule has 27 heavy (non-hydrogen) atoms. The summed E-state index contributed by atoms with van der Waals surface area (Å²) in [5.41, 5.74) is 1.29. The van der Waals surface area contributed by atoms with E-state index >= 15 is 0 Å². The maximum absolute atomic E-state index is 11.5. The van der Waals surface area contributed by atoms with Crippen molar-refractivity contribution in [3.05, 3.63) is 12.2 Å². The van der Waals surface area contributed by atoms with Crippen molar-refractivity contribution in [1.29, 1.82) is 0 Å². The lowest BCUT2D eigenvalue weighted by molar-refractivity contribution is -0.139. The van der Waals surface area contributed by atoms with Crippen LogP contribution >= 0.6 is 15.9 Å². The molecule has 0 aliphatic heterocycles. The minimum absolute atomic E-state index is 0.271. The van der Waals surface area contributed by atoms with Gasteiger partial charge in [0, 0.05) is 5.57 Å². The first-order valence-electron chi connectivity index (χ1n) is 11.2. The van der Waals surface area contributed by atoms with Gasteiger partial charge in [0.15, 0.2) is 0 Å². The first-order valence-corrected chi connectivity index (χ1v) is 12.3. The molecule has 1 N–H and O–H groups in total. The maximum Gasteiger partial charge on any atom is 0.333 e. The Morgan fingerprint density at radius 1 is 0.926 bits per heavy atom. The first kappa shape index (κ1) is 26.6. The standard InChI is InChI=1S/C23H44BrNO2/c1-4-5-6-7-8-9-10-11-12-13-14-15-16-22(19-25-20-24)17-18-27-23(26)21(2)3/h22,25H,2,4-20H2,1,3H3. The molecule has 3 nitrogen and oxygen atoms in total. The minimum atomic E-state index is -0.271. The summed E-state index contributed by atoms with van der Waals surface area (Å²) in [6.07, 6.45) is 18.8. The number of nitrogens with one attached hydrogen (secondary N) is 1. The van der Waals surface area contributed by atoms with Gasteiger partial charge in [-0.05, 0) is 32.2 Å². The molecule has 160 valence electrons. The first-order chi connectivity index (χ1) is 13.1. The van der Waals surface area contributed by atoms with Gasteiger partial charge in [-0.2, -0.15) is 0 Å². The largest absolute Gasteiger partial charge is 0.462 e. The van der Waals surface area contributed by atoms with Gasteiger partial charge in [-0.3, -0.25) is 0 Å². The van der Waals surface area contributed by atoms with Crippen LogP contribution in [0.2, 0.25) is 0 Å². The molecule has 0 saturated carbocycles. The van der Waals surface area contributed by atoms with E-state index in [1.807, 2.05) is 0 Å². The van der Waals surface area contributed by atoms with E-state index in [1.54, 1.807) is 6.92 Å². The van der Waals surface area contributed by atoms with E-state index in [0.29, 0.717) is 18.1 Å². The molecule has 0 bridgehead atoms. The van der Waals surface area contributed by atoms with Crippen LogP contribution in [-0.2, 0) is 9.53 Å². The van der Waals surface area contributed by atoms with E-state index in [2.05, 4.69) is 34.7 Å². The lowest BCUT2D eigenvalue weighted by Crippen LogP contribution is -2.23. The second-order valence-corrected chi connectivity index (χ2v) is 8.40. The Hall–Kier alpha value is -0.350. The summed E-state index contributed by atoms with van der Waals surface area (Å²) in [7, 11) is 0. The highest BCUT2D eigenvalue weighted by Crippen LogP contribution is 2.16. The molecular weight excluding hydrogens is 402 g/mol. The topological polar surface area (TPSA) is 38.3 Å². The molecular formula is C23H44BrNO2. The van der Waals surface area contributed by atoms with E-state index in [4.69, 9.17) is 4.74 Å². The average molecular weight is 447 g/mol. The van der Waals surface area contributed by atoms with Crippen molar-refractivity contribution in [2.24, 2.45) is 5.92 Å². The summed E-state index contributed by atoms with van der Waals surface area (Å²) in [5.74, 6) is 0.302. The number of hydrogen-bond donors (Lipinski definition) is 1. The Labute approximate surface area is 177 Å². The fraction of sp³-hybridized carbons (Fsp3) is 0.870. The van der Waals surface area contributed by atoms with Gasteiger partial charge >= 0.3 is 5.97 Å². The second-order valence-electron chi connectivity index (χ2n) is 7.84. The number of alkyl halides is 1. The van der Waals surface area contributed by atoms with Crippen LogP contribution in [0.1, 0.15) is 104 Å². The number of ether oxygens (including phenoxy) is 1. The number of unbranched alkanes of at least 4 members (excludes halogenated alkanes) is 11. The molecule has 0 amide bonds. The number of halogens is 1. The Morgan fingerprint density at radius 3 is 1.93 bits per heavy atom. The van der Waals surface area contributed by atoms with Crippen LogP contribution in [0.15, 0.2) is 12.2 Å². The fourth-order valence-electron chi connectivity index (χ4n) is 3.32. The monoisotopic (exact) mass is 445 g/mol. The van der Waals surface area contributed by atoms with Crippen LogP contribution in [0.25, 0.3) is 0 Å². The van der Waals surface area contributed by atoms with E-state index in [0.717, 1.165) is 18.4 Å². The van der Waals surface area contributed by atoms with Crippen LogP contribution in [0.5, 0.6) is 0 Å². The minimum Gasteiger partial charge on any atom is -0.462 e. The molecule has 0 saturated heterocycles. The van der Waals surface area contributed by atoms with Crippen molar-refractivity contribution in [3.8, 4) is 0 Å². The lowest BCUT2D eigenvalue weighted by Gasteiger charge is -2.17. The Morgan fingerprint density at radius 2 is 1.44 bits per heavy atom. The molecule has 0 aromatic rings. The third kappa shape index (κ3) is 18.8. The highest BCUT2D eigenvalue weighted by atomic mass is 79.9. The van der Waals surface area contributed by atoms with Crippen molar-refractivity contribution in [2.75, 3.05) is 18.6 Å². The number of carbonyl (C=O) groups is 1. The molecule has 4 heteroatoms. The van der Waals surface area contributed by atoms with E-state index in [1.165, 1.54) is 83.5 Å². The molecule has 0 aliphatic rings. The van der Waals surface area contributed by atoms with Crippen molar-refractivity contribution in [2.45, 2.75) is 104 Å². The quantitative estimate of drug-likeness (QED) is 0.0710. The summed E-state index contributed by atoms with van der Waals surface area (Å²) >= 11 is 3.42. The van der Waals surface area contributed by atoms with E-state index in [-0.39, 0.29) is 5.97 Å². The molecule has 0 fully saturated rings. The Kier molecular flexibility index (Phi) is 20.1. The predicted octanol–water partition coefficient (Wildman–Crippen LogP) is 7.15. The highest BCUT2D eigenvalue weighted by Gasteiger charge is 2.10. The molecule has 0 aliphatic carbocycles. The van der Waals surface area contributed by atoms with E-state index in [9.17, 15) is 4.79 Å². The maximum atomic E-state index is 11.5. The van der Waals surface area contributed by atoms with Crippen molar-refractivity contribution in [1.82, 2.24) is 5.32 Å². The number of rotatable bonds is 20. The summed E-state index contributed by atoms with van der Waals surface area (Å²) in [4.78, 5) is 11.5.